The summed E-state index contributed by atoms with van der Waals surface area (Å²) in [7, 11) is 0. The first-order valence-corrected chi connectivity index (χ1v) is 5.39. The molecule has 0 N–H and O–H groups in total. The Balaban J connectivity index is 3.45. The zero-order valence-electron chi connectivity index (χ0n) is 9.14. The molecule has 0 bridgehead atoms. The van der Waals surface area contributed by atoms with E-state index in [-0.39, 0.29) is 11.9 Å². The Bertz CT molecular complexity index is 132. The molecule has 0 aliphatic rings. The Morgan fingerprint density at radius 2 is 1.85 bits per heavy atom. The summed E-state index contributed by atoms with van der Waals surface area (Å²) in [5.74, 6) is 0.0544. The second kappa shape index (κ2) is 8.09. The molecular formula is C11H22O2. The molecule has 1 atom stereocenters. The molecular weight excluding hydrogens is 164 g/mol. The molecule has 0 fully saturated rings. The van der Waals surface area contributed by atoms with E-state index in [0.717, 1.165) is 32.1 Å². The summed E-state index contributed by atoms with van der Waals surface area (Å²) in [6, 6.07) is 0. The largest absolute Gasteiger partial charge is 0.465 e. The highest BCUT2D eigenvalue weighted by atomic mass is 16.5. The summed E-state index contributed by atoms with van der Waals surface area (Å²) in [4.78, 5) is 11.3. The average Bonchev–Trinajstić information content (AvgIpc) is 2.14. The maximum absolute atomic E-state index is 11.3. The van der Waals surface area contributed by atoms with Crippen LogP contribution in [-0.4, -0.2) is 12.6 Å². The molecule has 1 unspecified atom stereocenters. The molecule has 0 radical (unpaired) electrons. The zero-order valence-corrected chi connectivity index (χ0v) is 9.14. The quantitative estimate of drug-likeness (QED) is 0.451. The number of hydrogen-bond donors (Lipinski definition) is 0. The normalized spacial score (nSPS) is 12.5. The standard InChI is InChI=1S/C11H22O2/c1-4-6-8-10(3)11(12)13-9-7-5-2/h10H,4-9H2,1-3H3. The maximum atomic E-state index is 11.3. The van der Waals surface area contributed by atoms with Crippen LogP contribution >= 0.6 is 0 Å². The summed E-state index contributed by atoms with van der Waals surface area (Å²) in [5.41, 5.74) is 0. The highest BCUT2D eigenvalue weighted by Crippen LogP contribution is 2.09. The molecule has 0 aromatic carbocycles. The van der Waals surface area contributed by atoms with Crippen LogP contribution in [0.15, 0.2) is 0 Å². The van der Waals surface area contributed by atoms with Gasteiger partial charge >= 0.3 is 5.97 Å². The summed E-state index contributed by atoms with van der Waals surface area (Å²) in [6.45, 7) is 6.76. The van der Waals surface area contributed by atoms with E-state index < -0.39 is 0 Å². The van der Waals surface area contributed by atoms with E-state index in [1.54, 1.807) is 0 Å². The summed E-state index contributed by atoms with van der Waals surface area (Å²) in [5, 5.41) is 0. The van der Waals surface area contributed by atoms with Gasteiger partial charge in [0.05, 0.1) is 12.5 Å². The van der Waals surface area contributed by atoms with Gasteiger partial charge in [0.25, 0.3) is 0 Å². The third kappa shape index (κ3) is 6.62. The van der Waals surface area contributed by atoms with Crippen molar-refractivity contribution in [2.24, 2.45) is 5.92 Å². The van der Waals surface area contributed by atoms with Gasteiger partial charge in [0, 0.05) is 0 Å². The van der Waals surface area contributed by atoms with E-state index in [1.807, 2.05) is 6.92 Å². The molecule has 0 aliphatic heterocycles. The van der Waals surface area contributed by atoms with Gasteiger partial charge in [-0.25, -0.2) is 0 Å². The van der Waals surface area contributed by atoms with Gasteiger partial charge in [0.15, 0.2) is 0 Å². The molecule has 0 aliphatic carbocycles. The van der Waals surface area contributed by atoms with Crippen molar-refractivity contribution in [1.82, 2.24) is 0 Å². The first-order valence-electron chi connectivity index (χ1n) is 5.39. The van der Waals surface area contributed by atoms with Crippen LogP contribution in [0.3, 0.4) is 0 Å². The Hall–Kier alpha value is -0.530. The van der Waals surface area contributed by atoms with Gasteiger partial charge in [0.1, 0.15) is 0 Å². The van der Waals surface area contributed by atoms with Crippen molar-refractivity contribution in [2.75, 3.05) is 6.61 Å². The number of carbonyl (C=O) groups excluding carboxylic acids is 1. The molecule has 0 saturated heterocycles. The van der Waals surface area contributed by atoms with Gasteiger partial charge in [-0.1, -0.05) is 40.0 Å². The number of esters is 1. The third-order valence-corrected chi connectivity index (χ3v) is 2.14. The van der Waals surface area contributed by atoms with Gasteiger partial charge in [-0.2, -0.15) is 0 Å². The molecule has 0 heterocycles. The number of unbranched alkanes of at least 4 members (excludes halogenated alkanes) is 2. The number of ether oxygens (including phenoxy) is 1. The number of carbonyl (C=O) groups is 1. The van der Waals surface area contributed by atoms with Crippen LogP contribution in [0.4, 0.5) is 0 Å². The van der Waals surface area contributed by atoms with E-state index in [1.165, 1.54) is 0 Å². The van der Waals surface area contributed by atoms with Crippen molar-refractivity contribution < 1.29 is 9.53 Å². The Morgan fingerprint density at radius 3 is 2.38 bits per heavy atom. The number of rotatable bonds is 7. The fourth-order valence-corrected chi connectivity index (χ4v) is 1.09. The van der Waals surface area contributed by atoms with Crippen molar-refractivity contribution in [3.05, 3.63) is 0 Å². The minimum atomic E-state index is -0.0260. The molecule has 0 spiro atoms. The summed E-state index contributed by atoms with van der Waals surface area (Å²) >= 11 is 0. The molecule has 78 valence electrons. The second-order valence-corrected chi connectivity index (χ2v) is 3.56. The zero-order chi connectivity index (χ0) is 10.1. The highest BCUT2D eigenvalue weighted by Gasteiger charge is 2.12. The second-order valence-electron chi connectivity index (χ2n) is 3.56. The van der Waals surface area contributed by atoms with Crippen LogP contribution in [0.25, 0.3) is 0 Å². The maximum Gasteiger partial charge on any atom is 0.308 e. The monoisotopic (exact) mass is 186 g/mol. The topological polar surface area (TPSA) is 26.3 Å². The molecule has 0 saturated carbocycles. The number of hydrogen-bond acceptors (Lipinski definition) is 2. The van der Waals surface area contributed by atoms with E-state index in [2.05, 4.69) is 13.8 Å². The van der Waals surface area contributed by atoms with Crippen LogP contribution in [-0.2, 0) is 9.53 Å². The fourth-order valence-electron chi connectivity index (χ4n) is 1.09. The highest BCUT2D eigenvalue weighted by molar-refractivity contribution is 5.71. The predicted octanol–water partition coefficient (Wildman–Crippen LogP) is 3.16. The SMILES string of the molecule is CCCCOC(=O)C(C)CCCC. The van der Waals surface area contributed by atoms with Crippen LogP contribution in [0.5, 0.6) is 0 Å². The fraction of sp³-hybridized carbons (Fsp3) is 0.909. The predicted molar refractivity (Wildman–Crippen MR) is 54.6 cm³/mol. The van der Waals surface area contributed by atoms with Crippen LogP contribution < -0.4 is 0 Å². The Kier molecular flexibility index (Phi) is 7.76. The van der Waals surface area contributed by atoms with Gasteiger partial charge in [-0.05, 0) is 12.8 Å². The molecule has 2 heteroatoms. The summed E-state index contributed by atoms with van der Waals surface area (Å²) < 4.78 is 5.10. The van der Waals surface area contributed by atoms with Gasteiger partial charge in [0.2, 0.25) is 0 Å². The Morgan fingerprint density at radius 1 is 1.23 bits per heavy atom. The smallest absolute Gasteiger partial charge is 0.308 e. The lowest BCUT2D eigenvalue weighted by Crippen LogP contribution is -2.15. The lowest BCUT2D eigenvalue weighted by molar-refractivity contribution is -0.148. The van der Waals surface area contributed by atoms with Crippen LogP contribution in [0, 0.1) is 5.92 Å². The minimum absolute atomic E-state index is 0.0260. The van der Waals surface area contributed by atoms with Crippen molar-refractivity contribution >= 4 is 5.97 Å². The van der Waals surface area contributed by atoms with E-state index in [0.29, 0.717) is 6.61 Å². The van der Waals surface area contributed by atoms with Crippen molar-refractivity contribution in [3.63, 3.8) is 0 Å². The van der Waals surface area contributed by atoms with E-state index in [9.17, 15) is 4.79 Å². The molecule has 0 amide bonds. The lowest BCUT2D eigenvalue weighted by atomic mass is 10.1. The molecule has 0 rings (SSSR count). The molecule has 0 aromatic heterocycles. The van der Waals surface area contributed by atoms with Crippen LogP contribution in [0.2, 0.25) is 0 Å². The Labute approximate surface area is 81.7 Å². The van der Waals surface area contributed by atoms with Crippen LogP contribution in [0.1, 0.15) is 52.9 Å². The van der Waals surface area contributed by atoms with Gasteiger partial charge in [-0.15, -0.1) is 0 Å². The van der Waals surface area contributed by atoms with E-state index in [4.69, 9.17) is 4.74 Å². The van der Waals surface area contributed by atoms with Crippen molar-refractivity contribution in [1.29, 1.82) is 0 Å². The summed E-state index contributed by atoms with van der Waals surface area (Å²) in [6.07, 6.45) is 5.28. The molecule has 13 heavy (non-hydrogen) atoms. The van der Waals surface area contributed by atoms with E-state index >= 15 is 0 Å². The average molecular weight is 186 g/mol. The van der Waals surface area contributed by atoms with Crippen molar-refractivity contribution in [2.45, 2.75) is 52.9 Å². The minimum Gasteiger partial charge on any atom is -0.465 e. The third-order valence-electron chi connectivity index (χ3n) is 2.14. The lowest BCUT2D eigenvalue weighted by Gasteiger charge is -2.10. The molecule has 2 nitrogen and oxygen atoms in total. The molecule has 0 aromatic rings. The first kappa shape index (κ1) is 12.5. The first-order chi connectivity index (χ1) is 6.22. The van der Waals surface area contributed by atoms with Gasteiger partial charge in [-0.3, -0.25) is 4.79 Å². The van der Waals surface area contributed by atoms with Gasteiger partial charge < -0.3 is 4.74 Å². The van der Waals surface area contributed by atoms with Crippen molar-refractivity contribution in [3.8, 4) is 0 Å².